The molecule has 0 amide bonds. The number of aromatic nitrogens is 1. The first-order valence-electron chi connectivity index (χ1n) is 12.0. The minimum Gasteiger partial charge on any atom is -0.493 e. The summed E-state index contributed by atoms with van der Waals surface area (Å²) in [5.74, 6) is 2.19. The molecule has 1 aliphatic carbocycles. The van der Waals surface area contributed by atoms with E-state index in [0.717, 1.165) is 68.0 Å². The Bertz CT molecular complexity index is 942. The van der Waals surface area contributed by atoms with E-state index < -0.39 is 0 Å². The molecule has 180 valence electrons. The van der Waals surface area contributed by atoms with Gasteiger partial charge < -0.3 is 29.5 Å². The first-order chi connectivity index (χ1) is 16.2. The zero-order valence-electron chi connectivity index (χ0n) is 19.5. The van der Waals surface area contributed by atoms with E-state index in [2.05, 4.69) is 22.3 Å². The molecule has 2 N–H and O–H groups in total. The van der Waals surface area contributed by atoms with Crippen LogP contribution in [0.4, 0.5) is 5.69 Å². The predicted octanol–water partition coefficient (Wildman–Crippen LogP) is 3.36. The fourth-order valence-electron chi connectivity index (χ4n) is 4.87. The van der Waals surface area contributed by atoms with E-state index in [9.17, 15) is 0 Å². The van der Waals surface area contributed by atoms with Crippen molar-refractivity contribution in [3.8, 4) is 11.5 Å². The van der Waals surface area contributed by atoms with Crippen LogP contribution in [0.15, 0.2) is 12.1 Å². The lowest BCUT2D eigenvalue weighted by atomic mass is 10.0. The number of pyridine rings is 1. The first kappa shape index (κ1) is 23.6. The Morgan fingerprint density at radius 2 is 2.00 bits per heavy atom. The molecule has 33 heavy (non-hydrogen) atoms. The normalized spacial score (nSPS) is 17.7. The quantitative estimate of drug-likeness (QED) is 0.437. The second-order valence-corrected chi connectivity index (χ2v) is 8.93. The van der Waals surface area contributed by atoms with Gasteiger partial charge >= 0.3 is 0 Å². The number of ether oxygens (including phenoxy) is 3. The van der Waals surface area contributed by atoms with Crippen LogP contribution in [0.3, 0.4) is 0 Å². The molecular formula is C25H35N3O5. The summed E-state index contributed by atoms with van der Waals surface area (Å²) >= 11 is 0. The second-order valence-electron chi connectivity index (χ2n) is 8.93. The molecular weight excluding hydrogens is 422 g/mol. The number of hydrogen-bond acceptors (Lipinski definition) is 7. The number of fused-ring (bicyclic) bond motifs is 2. The summed E-state index contributed by atoms with van der Waals surface area (Å²) in [4.78, 5) is 15.9. The minimum absolute atomic E-state index is 0.250. The molecule has 8 heteroatoms. The summed E-state index contributed by atoms with van der Waals surface area (Å²) in [7, 11) is 1.72. The topological polar surface area (TPSA) is 93.2 Å². The van der Waals surface area contributed by atoms with Crippen molar-refractivity contribution >= 4 is 23.1 Å². The van der Waals surface area contributed by atoms with Crippen molar-refractivity contribution in [3.05, 3.63) is 23.4 Å². The average molecular weight is 458 g/mol. The average Bonchev–Trinajstić information content (AvgIpc) is 3.47. The minimum atomic E-state index is -0.250. The maximum absolute atomic E-state index is 8.36. The first-order valence-corrected chi connectivity index (χ1v) is 12.0. The van der Waals surface area contributed by atoms with E-state index in [4.69, 9.17) is 29.1 Å². The lowest BCUT2D eigenvalue weighted by Crippen LogP contribution is -2.33. The molecule has 1 aromatic carbocycles. The Hall–Kier alpha value is -2.58. The third-order valence-corrected chi connectivity index (χ3v) is 6.65. The van der Waals surface area contributed by atoms with Gasteiger partial charge in [0.1, 0.15) is 0 Å². The van der Waals surface area contributed by atoms with Crippen LogP contribution in [0.5, 0.6) is 11.5 Å². The van der Waals surface area contributed by atoms with Crippen molar-refractivity contribution in [2.24, 2.45) is 5.92 Å². The number of hydrogen-bond donors (Lipinski definition) is 2. The third-order valence-electron chi connectivity index (χ3n) is 6.65. The number of nitrogens with zero attached hydrogens (tertiary/aromatic N) is 2. The Labute approximate surface area is 195 Å². The highest BCUT2D eigenvalue weighted by Crippen LogP contribution is 2.39. The second kappa shape index (κ2) is 11.5. The molecule has 0 atom stereocenters. The summed E-state index contributed by atoms with van der Waals surface area (Å²) in [5, 5.41) is 11.7. The number of rotatable bonds is 9. The van der Waals surface area contributed by atoms with E-state index in [1.807, 2.05) is 0 Å². The summed E-state index contributed by atoms with van der Waals surface area (Å²) in [6.45, 7) is 6.70. The fraction of sp³-hybridized carbons (Fsp3) is 0.600. The van der Waals surface area contributed by atoms with Gasteiger partial charge in [-0.1, -0.05) is 0 Å². The van der Waals surface area contributed by atoms with Gasteiger partial charge in [0.25, 0.3) is 6.47 Å². The SMILES string of the molecule is COc1cc2c(NCC3COC3)c3c(nc2cc1OCCCN1CCCC1)CCC3.O=CO. The standard InChI is InChI=1S/C24H33N3O3.CH2O2/c1-28-22-12-19-21(13-23(22)30-11-5-10-27-8-2-3-9-27)26-20-7-4-6-18(20)24(19)25-14-17-15-29-16-17;2-1-3/h12-13,17H,2-11,14-16H2,1H3,(H,25,26);1H,(H,2,3). The van der Waals surface area contributed by atoms with Gasteiger partial charge in [-0.15, -0.1) is 0 Å². The molecule has 0 saturated carbocycles. The molecule has 2 aliphatic heterocycles. The molecule has 2 saturated heterocycles. The molecule has 2 aromatic rings. The molecule has 8 nitrogen and oxygen atoms in total. The van der Waals surface area contributed by atoms with Crippen LogP contribution < -0.4 is 14.8 Å². The lowest BCUT2D eigenvalue weighted by Gasteiger charge is -2.27. The molecule has 0 spiro atoms. The molecule has 1 aromatic heterocycles. The van der Waals surface area contributed by atoms with Gasteiger partial charge in [0.15, 0.2) is 11.5 Å². The van der Waals surface area contributed by atoms with E-state index in [1.54, 1.807) is 7.11 Å². The predicted molar refractivity (Wildman–Crippen MR) is 128 cm³/mol. The Morgan fingerprint density at radius 3 is 2.70 bits per heavy atom. The molecule has 5 rings (SSSR count). The number of carboxylic acid groups (broad SMARTS) is 1. The van der Waals surface area contributed by atoms with Crippen LogP contribution in [0.1, 0.15) is 36.9 Å². The summed E-state index contributed by atoms with van der Waals surface area (Å²) < 4.78 is 17.2. The Morgan fingerprint density at radius 1 is 1.21 bits per heavy atom. The number of methoxy groups -OCH3 is 1. The van der Waals surface area contributed by atoms with E-state index in [0.29, 0.717) is 12.5 Å². The highest BCUT2D eigenvalue weighted by atomic mass is 16.5. The zero-order valence-corrected chi connectivity index (χ0v) is 19.5. The maximum atomic E-state index is 8.36. The highest BCUT2D eigenvalue weighted by molar-refractivity contribution is 5.96. The maximum Gasteiger partial charge on any atom is 0.290 e. The zero-order chi connectivity index (χ0) is 23.0. The third kappa shape index (κ3) is 5.68. The smallest absolute Gasteiger partial charge is 0.290 e. The highest BCUT2D eigenvalue weighted by Gasteiger charge is 2.24. The van der Waals surface area contributed by atoms with Crippen LogP contribution in [0, 0.1) is 5.92 Å². The van der Waals surface area contributed by atoms with Gasteiger partial charge in [0.2, 0.25) is 0 Å². The Balaban J connectivity index is 0.000000821. The number of likely N-dealkylation sites (tertiary alicyclic amines) is 1. The largest absolute Gasteiger partial charge is 0.493 e. The van der Waals surface area contributed by atoms with Crippen molar-refractivity contribution in [2.45, 2.75) is 38.5 Å². The van der Waals surface area contributed by atoms with Crippen molar-refractivity contribution < 1.29 is 24.1 Å². The van der Waals surface area contributed by atoms with Crippen LogP contribution in [0.25, 0.3) is 10.9 Å². The van der Waals surface area contributed by atoms with Gasteiger partial charge in [-0.05, 0) is 63.2 Å². The van der Waals surface area contributed by atoms with Crippen molar-refractivity contribution in [3.63, 3.8) is 0 Å². The van der Waals surface area contributed by atoms with Crippen molar-refractivity contribution in [1.29, 1.82) is 0 Å². The number of carbonyl (C=O) groups is 1. The van der Waals surface area contributed by atoms with Crippen LogP contribution in [-0.4, -0.2) is 74.6 Å². The number of anilines is 1. The van der Waals surface area contributed by atoms with E-state index >= 15 is 0 Å². The van der Waals surface area contributed by atoms with Crippen molar-refractivity contribution in [1.82, 2.24) is 9.88 Å². The summed E-state index contributed by atoms with van der Waals surface area (Å²) in [6, 6.07) is 4.18. The van der Waals surface area contributed by atoms with E-state index in [-0.39, 0.29) is 6.47 Å². The van der Waals surface area contributed by atoms with Gasteiger partial charge in [-0.2, -0.15) is 0 Å². The van der Waals surface area contributed by atoms with Gasteiger partial charge in [0, 0.05) is 41.8 Å². The fourth-order valence-corrected chi connectivity index (χ4v) is 4.87. The number of aryl methyl sites for hydroxylation is 1. The molecule has 0 radical (unpaired) electrons. The van der Waals surface area contributed by atoms with E-state index in [1.165, 1.54) is 49.3 Å². The van der Waals surface area contributed by atoms with Crippen molar-refractivity contribution in [2.75, 3.05) is 58.4 Å². The Kier molecular flexibility index (Phi) is 8.23. The van der Waals surface area contributed by atoms with Gasteiger partial charge in [0.05, 0.1) is 32.4 Å². The molecule has 0 unspecified atom stereocenters. The molecule has 2 fully saturated rings. The summed E-state index contributed by atoms with van der Waals surface area (Å²) in [5.41, 5.74) is 4.85. The number of benzene rings is 1. The van der Waals surface area contributed by atoms with Gasteiger partial charge in [-0.3, -0.25) is 9.78 Å². The molecule has 3 aliphatic rings. The van der Waals surface area contributed by atoms with Gasteiger partial charge in [-0.25, -0.2) is 0 Å². The number of nitrogens with one attached hydrogen (secondary N) is 1. The van der Waals surface area contributed by atoms with Crippen LogP contribution >= 0.6 is 0 Å². The summed E-state index contributed by atoms with van der Waals surface area (Å²) in [6.07, 6.45) is 7.04. The lowest BCUT2D eigenvalue weighted by molar-refractivity contribution is -0.122. The molecule has 0 bridgehead atoms. The van der Waals surface area contributed by atoms with Crippen LogP contribution in [-0.2, 0) is 22.4 Å². The monoisotopic (exact) mass is 457 g/mol. The molecule has 3 heterocycles. The van der Waals surface area contributed by atoms with Crippen LogP contribution in [0.2, 0.25) is 0 Å².